The summed E-state index contributed by atoms with van der Waals surface area (Å²) in [5, 5.41) is 2.58. The molecule has 220 valence electrons. The molecule has 1 amide bonds. The van der Waals surface area contributed by atoms with E-state index in [0.717, 1.165) is 34.8 Å². The molecule has 1 rings (SSSR count). The first-order chi connectivity index (χ1) is 18.1. The number of hydrogen-bond acceptors (Lipinski definition) is 15. The highest BCUT2D eigenvalue weighted by Crippen LogP contribution is 2.43. The largest absolute Gasteiger partial charge is 0.479 e. The molecule has 0 aliphatic carbocycles. The van der Waals surface area contributed by atoms with Crippen molar-refractivity contribution in [2.24, 2.45) is 0 Å². The van der Waals surface area contributed by atoms with Crippen molar-refractivity contribution in [2.75, 3.05) is 20.3 Å². The van der Waals surface area contributed by atoms with Gasteiger partial charge in [-0.15, -0.1) is 0 Å². The van der Waals surface area contributed by atoms with E-state index in [1.165, 1.54) is 6.92 Å². The summed E-state index contributed by atoms with van der Waals surface area (Å²) in [6.45, 7) is 6.73. The van der Waals surface area contributed by atoms with Crippen LogP contribution in [0.1, 0.15) is 48.0 Å². The van der Waals surface area contributed by atoms with Crippen molar-refractivity contribution in [3.8, 4) is 0 Å². The zero-order valence-electron chi connectivity index (χ0n) is 22.6. The predicted octanol–water partition coefficient (Wildman–Crippen LogP) is 0.562. The molecule has 1 saturated heterocycles. The van der Waals surface area contributed by atoms with Crippen LogP contribution in [0.15, 0.2) is 0 Å². The fraction of sp³-hybridized carbons (Fsp3) is 0.696. The molecule has 14 nitrogen and oxygen atoms in total. The molecule has 0 spiro atoms. The van der Waals surface area contributed by atoms with E-state index >= 15 is 0 Å². The van der Waals surface area contributed by atoms with Gasteiger partial charge in [0.05, 0.1) is 19.8 Å². The van der Waals surface area contributed by atoms with Gasteiger partial charge in [-0.2, -0.15) is 0 Å². The molecule has 16 heteroatoms. The zero-order valence-corrected chi connectivity index (χ0v) is 24.3. The van der Waals surface area contributed by atoms with E-state index in [1.54, 1.807) is 6.92 Å². The van der Waals surface area contributed by atoms with E-state index in [4.69, 9.17) is 45.4 Å². The Morgan fingerprint density at radius 2 is 1.59 bits per heavy atom. The highest BCUT2D eigenvalue weighted by Gasteiger charge is 2.59. The number of carbonyl (C=O) groups is 6. The molecule has 6 atom stereocenters. The minimum atomic E-state index is -2.04. The van der Waals surface area contributed by atoms with Crippen molar-refractivity contribution in [1.29, 1.82) is 0 Å². The van der Waals surface area contributed by atoms with Gasteiger partial charge < -0.3 is 38.5 Å². The molecule has 39 heavy (non-hydrogen) atoms. The van der Waals surface area contributed by atoms with Crippen molar-refractivity contribution in [3.05, 3.63) is 0 Å². The lowest BCUT2D eigenvalue weighted by Gasteiger charge is -2.48. The van der Waals surface area contributed by atoms with E-state index in [1.807, 2.05) is 0 Å². The van der Waals surface area contributed by atoms with E-state index in [0.29, 0.717) is 11.8 Å². The summed E-state index contributed by atoms with van der Waals surface area (Å²) in [5.41, 5.74) is 0. The van der Waals surface area contributed by atoms with Gasteiger partial charge in [-0.3, -0.25) is 24.0 Å². The summed E-state index contributed by atoms with van der Waals surface area (Å²) >= 11 is 5.85. The molecule has 0 aromatic rings. The van der Waals surface area contributed by atoms with Crippen molar-refractivity contribution in [2.45, 2.75) is 83.4 Å². The number of ether oxygens (including phenoxy) is 7. The van der Waals surface area contributed by atoms with Crippen LogP contribution in [0.2, 0.25) is 0 Å². The average Bonchev–Trinajstić information content (AvgIpc) is 2.80. The molecule has 1 N–H and O–H groups in total. The average molecular weight is 597 g/mol. The Bertz CT molecular complexity index is 958. The molecule has 1 heterocycles. The molecule has 0 unspecified atom stereocenters. The van der Waals surface area contributed by atoms with Crippen LogP contribution in [0.3, 0.4) is 0 Å². The minimum absolute atomic E-state index is 0.123. The molecule has 1 aliphatic rings. The molecular weight excluding hydrogens is 563 g/mol. The van der Waals surface area contributed by atoms with Crippen LogP contribution in [0.25, 0.3) is 0 Å². The number of methoxy groups -OCH3 is 1. The van der Waals surface area contributed by atoms with Crippen LogP contribution in [-0.2, 0) is 61.9 Å². The third-order valence-corrected chi connectivity index (χ3v) is 6.42. The number of hydrogen-bond donors (Lipinski definition) is 1. The molecule has 0 aromatic carbocycles. The summed E-state index contributed by atoms with van der Waals surface area (Å²) in [6, 6.07) is -1.26. The predicted molar refractivity (Wildman–Crippen MR) is 137 cm³/mol. The molecule has 0 saturated carbocycles. The van der Waals surface area contributed by atoms with Gasteiger partial charge in [0, 0.05) is 41.0 Å². The number of rotatable bonds is 11. The van der Waals surface area contributed by atoms with Crippen molar-refractivity contribution < 1.29 is 61.9 Å². The van der Waals surface area contributed by atoms with E-state index in [-0.39, 0.29) is 17.4 Å². The lowest BCUT2D eigenvalue weighted by atomic mass is 9.90. The van der Waals surface area contributed by atoms with Crippen LogP contribution >= 0.6 is 24.0 Å². The van der Waals surface area contributed by atoms with Crippen molar-refractivity contribution in [3.63, 3.8) is 0 Å². The summed E-state index contributed by atoms with van der Waals surface area (Å²) in [4.78, 5) is 71.1. The van der Waals surface area contributed by atoms with Gasteiger partial charge in [0.25, 0.3) is 0 Å². The third kappa shape index (κ3) is 10.6. The summed E-state index contributed by atoms with van der Waals surface area (Å²) in [6.07, 6.45) is -6.29. The monoisotopic (exact) mass is 596 g/mol. The third-order valence-electron chi connectivity index (χ3n) is 5.01. The smallest absolute Gasteiger partial charge is 0.349 e. The maximum absolute atomic E-state index is 13.2. The second kappa shape index (κ2) is 15.6. The van der Waals surface area contributed by atoms with Gasteiger partial charge in [-0.05, 0) is 30.9 Å². The summed E-state index contributed by atoms with van der Waals surface area (Å²) in [7, 11) is 1.08. The highest BCUT2D eigenvalue weighted by atomic mass is 32.2. The van der Waals surface area contributed by atoms with Crippen LogP contribution in [0, 0.1) is 0 Å². The Kier molecular flexibility index (Phi) is 13.6. The van der Waals surface area contributed by atoms with Gasteiger partial charge in [0.15, 0.2) is 12.2 Å². The number of thiocarbonyl (C=S) groups is 1. The van der Waals surface area contributed by atoms with Crippen molar-refractivity contribution in [1.82, 2.24) is 5.32 Å². The highest BCUT2D eigenvalue weighted by molar-refractivity contribution is 8.23. The number of esters is 5. The maximum atomic E-state index is 13.2. The first-order valence-electron chi connectivity index (χ1n) is 11.7. The van der Waals surface area contributed by atoms with E-state index < -0.39 is 77.8 Å². The first-order valence-corrected chi connectivity index (χ1v) is 12.9. The fourth-order valence-corrected chi connectivity index (χ4v) is 5.33. The van der Waals surface area contributed by atoms with Crippen LogP contribution < -0.4 is 5.32 Å². The quantitative estimate of drug-likeness (QED) is 0.151. The Morgan fingerprint density at radius 3 is 2.05 bits per heavy atom. The molecular formula is C23H33NO13S2. The first kappa shape index (κ1) is 34.0. The number of amides is 1. The molecule has 0 aromatic heterocycles. The van der Waals surface area contributed by atoms with Gasteiger partial charge in [0.1, 0.15) is 18.8 Å². The number of thioether (sulfide) groups is 1. The number of nitrogens with one attached hydrogen (secondary N) is 1. The Labute approximate surface area is 235 Å². The fourth-order valence-electron chi connectivity index (χ4n) is 3.78. The SMILES string of the molecule is CCOC(=S)S[C@]1([13C](=O)OC)C[C@H](OC(C)=O)[C@@H](NC(C)=O)[C@H]([C@H](OC(C)=O)[C@@H](COC(C)=O)OC(C)=O)O1. The van der Waals surface area contributed by atoms with Crippen LogP contribution in [0.4, 0.5) is 0 Å². The standard InChI is InChI=1S/C23H33NO13S2/c1-8-32-22(38)39-23(21(30)31-7)9-16(34-13(4)27)18(24-11(2)25)20(37-23)19(36-15(6)29)17(35-14(5)28)10-33-12(3)26/h16-20H,8-10H2,1-7H3,(H,24,25)/t16-,17+,18+,19+,20+,23-/m0/s1/i21+1. The second-order valence-electron chi connectivity index (χ2n) is 8.21. The maximum Gasteiger partial charge on any atom is 0.349 e. The van der Waals surface area contributed by atoms with Crippen molar-refractivity contribution >= 4 is 64.1 Å². The van der Waals surface area contributed by atoms with Gasteiger partial charge in [-0.1, -0.05) is 0 Å². The molecule has 1 aliphatic heterocycles. The Hall–Kier alpha value is -2.98. The lowest BCUT2D eigenvalue weighted by Crippen LogP contribution is -2.68. The summed E-state index contributed by atoms with van der Waals surface area (Å²) in [5.74, 6) is -4.79. The second-order valence-corrected chi connectivity index (χ2v) is 10.1. The minimum Gasteiger partial charge on any atom is -0.479 e. The van der Waals surface area contributed by atoms with E-state index in [9.17, 15) is 28.8 Å². The van der Waals surface area contributed by atoms with Gasteiger partial charge in [-0.25, -0.2) is 4.79 Å². The van der Waals surface area contributed by atoms with Gasteiger partial charge in [0.2, 0.25) is 15.2 Å². The van der Waals surface area contributed by atoms with Gasteiger partial charge >= 0.3 is 29.8 Å². The van der Waals surface area contributed by atoms with Crippen LogP contribution in [-0.4, -0.2) is 95.9 Å². The molecule has 0 radical (unpaired) electrons. The zero-order chi connectivity index (χ0) is 29.9. The molecule has 1 fully saturated rings. The normalized spacial score (nSPS) is 23.7. The Balaban J connectivity index is 3.85. The molecule has 0 bridgehead atoms. The van der Waals surface area contributed by atoms with E-state index in [2.05, 4.69) is 5.32 Å². The lowest BCUT2D eigenvalue weighted by molar-refractivity contribution is -0.223. The van der Waals surface area contributed by atoms with Crippen LogP contribution in [0.5, 0.6) is 0 Å². The topological polar surface area (TPSA) is 179 Å². The summed E-state index contributed by atoms with van der Waals surface area (Å²) < 4.78 is 37.6. The Morgan fingerprint density at radius 1 is 0.974 bits per heavy atom. The number of carbonyl (C=O) groups excluding carboxylic acids is 6.